The van der Waals surface area contributed by atoms with E-state index in [-0.39, 0.29) is 5.97 Å². The maximum Gasteiger partial charge on any atom is 0.343 e. The van der Waals surface area contributed by atoms with Gasteiger partial charge < -0.3 is 14.2 Å². The number of rotatable bonds is 10. The van der Waals surface area contributed by atoms with Crippen molar-refractivity contribution in [2.75, 3.05) is 13.2 Å². The number of aryl methyl sites for hydroxylation is 2. The van der Waals surface area contributed by atoms with Gasteiger partial charge in [0.15, 0.2) is 0 Å². The number of carbonyl (C=O) groups is 1. The molecular weight excluding hydrogens is 436 g/mol. The molecule has 0 radical (unpaired) electrons. The van der Waals surface area contributed by atoms with E-state index in [0.717, 1.165) is 41.0 Å². The molecule has 0 aromatic heterocycles. The van der Waals surface area contributed by atoms with Gasteiger partial charge in [0, 0.05) is 0 Å². The first-order valence-electron chi connectivity index (χ1n) is 11.9. The normalized spacial score (nSPS) is 10.6. The third-order valence-corrected chi connectivity index (χ3v) is 5.64. The van der Waals surface area contributed by atoms with E-state index in [4.69, 9.17) is 14.2 Å². The van der Waals surface area contributed by atoms with Gasteiger partial charge in [0.2, 0.25) is 0 Å². The average molecular weight is 467 g/mol. The molecule has 0 saturated heterocycles. The average Bonchev–Trinajstić information content (AvgIpc) is 2.88. The highest BCUT2D eigenvalue weighted by atomic mass is 16.5. The lowest BCUT2D eigenvalue weighted by atomic mass is 10.1. The Labute approximate surface area is 207 Å². The fraction of sp³-hybridized carbons (Fsp3) is 0.194. The van der Waals surface area contributed by atoms with Gasteiger partial charge in [-0.25, -0.2) is 4.79 Å². The van der Waals surface area contributed by atoms with Crippen molar-refractivity contribution in [3.05, 3.63) is 114 Å². The van der Waals surface area contributed by atoms with Crippen molar-refractivity contribution in [2.45, 2.75) is 26.7 Å². The third kappa shape index (κ3) is 7.21. The summed E-state index contributed by atoms with van der Waals surface area (Å²) in [6.45, 7) is 5.38. The number of benzene rings is 4. The Morgan fingerprint density at radius 1 is 0.543 bits per heavy atom. The molecule has 4 rings (SSSR count). The number of ether oxygens (including phenoxy) is 3. The summed E-state index contributed by atoms with van der Waals surface area (Å²) in [6.07, 6.45) is 1.86. The zero-order chi connectivity index (χ0) is 24.5. The van der Waals surface area contributed by atoms with Crippen molar-refractivity contribution >= 4 is 5.97 Å². The fourth-order valence-corrected chi connectivity index (χ4v) is 3.53. The molecule has 4 nitrogen and oxygen atoms in total. The smallest absolute Gasteiger partial charge is 0.343 e. The first-order valence-corrected chi connectivity index (χ1v) is 11.9. The molecule has 0 aliphatic rings. The van der Waals surface area contributed by atoms with Crippen LogP contribution in [-0.2, 0) is 0 Å². The van der Waals surface area contributed by atoms with Gasteiger partial charge in [0.25, 0.3) is 0 Å². The number of carbonyl (C=O) groups excluding carboxylic acids is 1. The standard InChI is InChI=1S/C31H30O4/c1-23-5-9-27(10-6-23)31(32)35-30-19-13-26(14-20-30)25-11-17-29(18-12-25)34-22-4-3-21-33-28-15-7-24(2)8-16-28/h5-20H,3-4,21-22H2,1-2H3. The van der Waals surface area contributed by atoms with Crippen LogP contribution in [0.4, 0.5) is 0 Å². The summed E-state index contributed by atoms with van der Waals surface area (Å²) in [7, 11) is 0. The Morgan fingerprint density at radius 3 is 1.43 bits per heavy atom. The molecule has 178 valence electrons. The minimum absolute atomic E-state index is 0.360. The molecule has 0 amide bonds. The first-order chi connectivity index (χ1) is 17.1. The minimum atomic E-state index is -0.360. The Hall–Kier alpha value is -4.05. The number of esters is 1. The van der Waals surface area contributed by atoms with Gasteiger partial charge >= 0.3 is 5.97 Å². The molecular formula is C31H30O4. The highest BCUT2D eigenvalue weighted by Gasteiger charge is 2.08. The summed E-state index contributed by atoms with van der Waals surface area (Å²) in [6, 6.07) is 31.0. The van der Waals surface area contributed by atoms with E-state index in [1.807, 2.05) is 79.7 Å². The molecule has 0 atom stereocenters. The van der Waals surface area contributed by atoms with Crippen LogP contribution in [0.2, 0.25) is 0 Å². The second-order valence-electron chi connectivity index (χ2n) is 8.52. The van der Waals surface area contributed by atoms with Crippen molar-refractivity contribution in [3.63, 3.8) is 0 Å². The molecule has 35 heavy (non-hydrogen) atoms. The van der Waals surface area contributed by atoms with Gasteiger partial charge in [0.1, 0.15) is 17.2 Å². The van der Waals surface area contributed by atoms with Crippen LogP contribution in [0.25, 0.3) is 11.1 Å². The van der Waals surface area contributed by atoms with Crippen LogP contribution < -0.4 is 14.2 Å². The van der Waals surface area contributed by atoms with Crippen molar-refractivity contribution in [1.82, 2.24) is 0 Å². The predicted molar refractivity (Wildman–Crippen MR) is 139 cm³/mol. The molecule has 0 spiro atoms. The monoisotopic (exact) mass is 466 g/mol. The van der Waals surface area contributed by atoms with Gasteiger partial charge in [0.05, 0.1) is 18.8 Å². The summed E-state index contributed by atoms with van der Waals surface area (Å²) >= 11 is 0. The third-order valence-electron chi connectivity index (χ3n) is 5.64. The second-order valence-corrected chi connectivity index (χ2v) is 8.52. The zero-order valence-electron chi connectivity index (χ0n) is 20.2. The van der Waals surface area contributed by atoms with E-state index in [1.165, 1.54) is 5.56 Å². The van der Waals surface area contributed by atoms with Gasteiger partial charge in [-0.15, -0.1) is 0 Å². The van der Waals surface area contributed by atoms with Gasteiger partial charge in [-0.2, -0.15) is 0 Å². The van der Waals surface area contributed by atoms with Crippen LogP contribution in [-0.4, -0.2) is 19.2 Å². The molecule has 0 fully saturated rings. The SMILES string of the molecule is Cc1ccc(OCCCCOc2ccc(-c3ccc(OC(=O)c4ccc(C)cc4)cc3)cc2)cc1. The Bertz CT molecular complexity index is 1210. The molecule has 4 aromatic carbocycles. The van der Waals surface area contributed by atoms with Crippen LogP contribution in [0.15, 0.2) is 97.1 Å². The molecule has 4 heteroatoms. The van der Waals surface area contributed by atoms with Crippen molar-refractivity contribution < 1.29 is 19.0 Å². The molecule has 0 bridgehead atoms. The minimum Gasteiger partial charge on any atom is -0.494 e. The van der Waals surface area contributed by atoms with E-state index in [9.17, 15) is 4.79 Å². The highest BCUT2D eigenvalue weighted by molar-refractivity contribution is 5.91. The van der Waals surface area contributed by atoms with Crippen LogP contribution >= 0.6 is 0 Å². The Morgan fingerprint density at radius 2 is 0.943 bits per heavy atom. The summed E-state index contributed by atoms with van der Waals surface area (Å²) in [5.74, 6) is 1.91. The van der Waals surface area contributed by atoms with Crippen molar-refractivity contribution in [3.8, 4) is 28.4 Å². The Kier molecular flexibility index (Phi) is 8.18. The first kappa shape index (κ1) is 24.1. The lowest BCUT2D eigenvalue weighted by Gasteiger charge is -2.09. The zero-order valence-corrected chi connectivity index (χ0v) is 20.2. The van der Waals surface area contributed by atoms with Crippen LogP contribution in [0.1, 0.15) is 34.3 Å². The number of hydrogen-bond donors (Lipinski definition) is 0. The lowest BCUT2D eigenvalue weighted by Crippen LogP contribution is -2.08. The summed E-state index contributed by atoms with van der Waals surface area (Å²) in [4.78, 5) is 12.3. The van der Waals surface area contributed by atoms with Gasteiger partial charge in [-0.1, -0.05) is 59.7 Å². The number of unbranched alkanes of at least 4 members (excludes halogenated alkanes) is 1. The molecule has 0 saturated carbocycles. The summed E-state index contributed by atoms with van der Waals surface area (Å²) in [5, 5.41) is 0. The molecule has 0 heterocycles. The van der Waals surface area contributed by atoms with Gasteiger partial charge in [-0.3, -0.25) is 0 Å². The topological polar surface area (TPSA) is 44.8 Å². The molecule has 0 unspecified atom stereocenters. The van der Waals surface area contributed by atoms with E-state index >= 15 is 0 Å². The highest BCUT2D eigenvalue weighted by Crippen LogP contribution is 2.25. The van der Waals surface area contributed by atoms with Gasteiger partial charge in [-0.05, 0) is 86.3 Å². The Balaban J connectivity index is 1.20. The maximum atomic E-state index is 12.3. The largest absolute Gasteiger partial charge is 0.494 e. The van der Waals surface area contributed by atoms with Crippen LogP contribution in [0.3, 0.4) is 0 Å². The summed E-state index contributed by atoms with van der Waals surface area (Å²) < 4.78 is 17.1. The molecule has 0 aliphatic carbocycles. The number of hydrogen-bond acceptors (Lipinski definition) is 4. The lowest BCUT2D eigenvalue weighted by molar-refractivity contribution is 0.0735. The molecule has 0 N–H and O–H groups in total. The van der Waals surface area contributed by atoms with E-state index in [2.05, 4.69) is 19.1 Å². The van der Waals surface area contributed by atoms with E-state index in [1.54, 1.807) is 12.1 Å². The quantitative estimate of drug-likeness (QED) is 0.138. The summed E-state index contributed by atoms with van der Waals surface area (Å²) in [5.41, 5.74) is 4.98. The van der Waals surface area contributed by atoms with Crippen LogP contribution in [0, 0.1) is 13.8 Å². The van der Waals surface area contributed by atoms with E-state index in [0.29, 0.717) is 24.5 Å². The maximum absolute atomic E-state index is 12.3. The fourth-order valence-electron chi connectivity index (χ4n) is 3.53. The predicted octanol–water partition coefficient (Wildman–Crippen LogP) is 7.43. The van der Waals surface area contributed by atoms with Crippen molar-refractivity contribution in [2.24, 2.45) is 0 Å². The van der Waals surface area contributed by atoms with E-state index < -0.39 is 0 Å². The molecule has 0 aliphatic heterocycles. The second kappa shape index (κ2) is 11.9. The van der Waals surface area contributed by atoms with Crippen LogP contribution in [0.5, 0.6) is 17.2 Å². The van der Waals surface area contributed by atoms with Crippen molar-refractivity contribution in [1.29, 1.82) is 0 Å². The molecule has 4 aromatic rings.